The summed E-state index contributed by atoms with van der Waals surface area (Å²) in [4.78, 5) is 13.1. The molecule has 2 aromatic heterocycles. The summed E-state index contributed by atoms with van der Waals surface area (Å²) in [5.41, 5.74) is -0.886. The van der Waals surface area contributed by atoms with E-state index in [4.69, 9.17) is 0 Å². The third-order valence-electron chi connectivity index (χ3n) is 6.59. The van der Waals surface area contributed by atoms with Crippen LogP contribution in [0, 0.1) is 0 Å². The fourth-order valence-electron chi connectivity index (χ4n) is 4.47. The minimum Gasteiger partial charge on any atom is -0.340 e. The maximum absolute atomic E-state index is 13.7. The zero-order valence-corrected chi connectivity index (χ0v) is 22.5. The number of nitrogens with zero attached hydrogens (tertiary/aromatic N) is 3. The van der Waals surface area contributed by atoms with Gasteiger partial charge in [0.05, 0.1) is 28.9 Å². The summed E-state index contributed by atoms with van der Waals surface area (Å²) in [5.74, 6) is 0.724. The second kappa shape index (κ2) is 13.3. The van der Waals surface area contributed by atoms with Crippen LogP contribution in [0.4, 0.5) is 37.8 Å². The summed E-state index contributed by atoms with van der Waals surface area (Å²) in [6.07, 6.45) is -0.907. The molecular weight excluding hydrogens is 544 g/mol. The van der Waals surface area contributed by atoms with E-state index in [2.05, 4.69) is 32.5 Å². The molecule has 11 heteroatoms. The molecule has 2 aromatic carbocycles. The van der Waals surface area contributed by atoms with E-state index >= 15 is 0 Å². The summed E-state index contributed by atoms with van der Waals surface area (Å²) in [5, 5.41) is 6.86. The number of anilines is 2. The van der Waals surface area contributed by atoms with Crippen molar-refractivity contribution in [2.75, 3.05) is 11.9 Å². The van der Waals surface area contributed by atoms with Crippen LogP contribution in [0.3, 0.4) is 0 Å². The molecule has 0 aliphatic rings. The van der Waals surface area contributed by atoms with Crippen molar-refractivity contribution in [3.63, 3.8) is 0 Å². The Balaban J connectivity index is 1.63. The van der Waals surface area contributed by atoms with Crippen LogP contribution in [0.5, 0.6) is 0 Å². The molecule has 5 nitrogen and oxygen atoms in total. The number of benzene rings is 2. The Hall–Kier alpha value is -3.73. The Kier molecular flexibility index (Phi) is 9.80. The number of rotatable bonds is 12. The molecule has 0 bridgehead atoms. The standard InChI is InChI=1S/C30H31F6N5/c1-2-3-4-5-6-7-16-37-19-26-40-25-18-20(27-24(30(34,35)36)9-8-17-38-27)10-15-23(25)28(41-26)39-22-13-11-21(12-14-22)29(31,32)33/h8-15,17-18,37H,2-7,16,19H2,1H3,(H,39,40,41). The van der Waals surface area contributed by atoms with Gasteiger partial charge >= 0.3 is 12.4 Å². The van der Waals surface area contributed by atoms with Gasteiger partial charge in [0.2, 0.25) is 0 Å². The summed E-state index contributed by atoms with van der Waals surface area (Å²) < 4.78 is 80.0. The topological polar surface area (TPSA) is 62.7 Å². The first-order valence-corrected chi connectivity index (χ1v) is 13.5. The molecule has 0 spiro atoms. The third-order valence-corrected chi connectivity index (χ3v) is 6.59. The van der Waals surface area contributed by atoms with E-state index in [1.54, 1.807) is 6.07 Å². The predicted molar refractivity (Wildman–Crippen MR) is 148 cm³/mol. The van der Waals surface area contributed by atoms with E-state index in [9.17, 15) is 26.3 Å². The average molecular weight is 576 g/mol. The molecule has 4 rings (SSSR count). The van der Waals surface area contributed by atoms with Gasteiger partial charge in [0.15, 0.2) is 0 Å². The molecular formula is C30H31F6N5. The molecule has 0 amide bonds. The van der Waals surface area contributed by atoms with Gasteiger partial charge in [-0.25, -0.2) is 9.97 Å². The van der Waals surface area contributed by atoms with Gasteiger partial charge in [-0.3, -0.25) is 4.98 Å². The Bertz CT molecular complexity index is 1430. The molecule has 0 aliphatic heterocycles. The quantitative estimate of drug-likeness (QED) is 0.130. The monoisotopic (exact) mass is 575 g/mol. The Labute approximate surface area is 234 Å². The van der Waals surface area contributed by atoms with Gasteiger partial charge in [-0.15, -0.1) is 0 Å². The maximum Gasteiger partial charge on any atom is 0.418 e. The summed E-state index contributed by atoms with van der Waals surface area (Å²) in [6, 6.07) is 11.3. The average Bonchev–Trinajstić information content (AvgIpc) is 2.93. The van der Waals surface area contributed by atoms with Crippen LogP contribution in [0.15, 0.2) is 60.8 Å². The predicted octanol–water partition coefficient (Wildman–Crippen LogP) is 8.92. The van der Waals surface area contributed by atoms with Crippen molar-refractivity contribution in [1.82, 2.24) is 20.3 Å². The number of hydrogen-bond donors (Lipinski definition) is 2. The number of unbranched alkanes of at least 4 members (excludes halogenated alkanes) is 5. The molecule has 2 N–H and O–H groups in total. The minimum atomic E-state index is -4.59. The van der Waals surface area contributed by atoms with Gasteiger partial charge in [-0.1, -0.05) is 45.1 Å². The lowest BCUT2D eigenvalue weighted by Gasteiger charge is -2.15. The number of aromatic nitrogens is 3. The van der Waals surface area contributed by atoms with E-state index in [1.165, 1.54) is 62.2 Å². The smallest absolute Gasteiger partial charge is 0.340 e. The van der Waals surface area contributed by atoms with Crippen LogP contribution in [0.1, 0.15) is 62.4 Å². The number of nitrogens with one attached hydrogen (secondary N) is 2. The van der Waals surface area contributed by atoms with Crippen LogP contribution in [-0.4, -0.2) is 21.5 Å². The fraction of sp³-hybridized carbons (Fsp3) is 0.367. The second-order valence-corrected chi connectivity index (χ2v) is 9.76. The van der Waals surface area contributed by atoms with Gasteiger partial charge < -0.3 is 10.6 Å². The van der Waals surface area contributed by atoms with Crippen LogP contribution in [0.2, 0.25) is 0 Å². The second-order valence-electron chi connectivity index (χ2n) is 9.76. The molecule has 0 saturated carbocycles. The SMILES string of the molecule is CCCCCCCCNCc1nc(Nc2ccc(C(F)(F)F)cc2)c2ccc(-c3ncccc3C(F)(F)F)cc2n1. The molecule has 218 valence electrons. The first kappa shape index (κ1) is 30.2. The lowest BCUT2D eigenvalue weighted by Crippen LogP contribution is -2.17. The Morgan fingerprint density at radius 1 is 0.780 bits per heavy atom. The van der Waals surface area contributed by atoms with Gasteiger partial charge in [-0.2, -0.15) is 26.3 Å². The number of alkyl halides is 6. The van der Waals surface area contributed by atoms with Gasteiger partial charge in [-0.05, 0) is 61.5 Å². The highest BCUT2D eigenvalue weighted by Crippen LogP contribution is 2.37. The van der Waals surface area contributed by atoms with E-state index in [0.29, 0.717) is 34.8 Å². The van der Waals surface area contributed by atoms with Crippen LogP contribution in [-0.2, 0) is 18.9 Å². The highest BCUT2D eigenvalue weighted by molar-refractivity contribution is 5.93. The highest BCUT2D eigenvalue weighted by atomic mass is 19.4. The van der Waals surface area contributed by atoms with Crippen molar-refractivity contribution in [2.45, 2.75) is 64.3 Å². The maximum atomic E-state index is 13.7. The van der Waals surface area contributed by atoms with E-state index in [0.717, 1.165) is 37.6 Å². The van der Waals surface area contributed by atoms with Gasteiger partial charge in [0, 0.05) is 22.8 Å². The van der Waals surface area contributed by atoms with Crippen molar-refractivity contribution >= 4 is 22.4 Å². The zero-order chi connectivity index (χ0) is 29.5. The Morgan fingerprint density at radius 2 is 1.51 bits per heavy atom. The highest BCUT2D eigenvalue weighted by Gasteiger charge is 2.34. The van der Waals surface area contributed by atoms with Crippen molar-refractivity contribution in [2.24, 2.45) is 0 Å². The van der Waals surface area contributed by atoms with Crippen molar-refractivity contribution in [1.29, 1.82) is 0 Å². The first-order valence-electron chi connectivity index (χ1n) is 13.5. The summed E-state index contributed by atoms with van der Waals surface area (Å²) in [6.45, 7) is 3.23. The normalized spacial score (nSPS) is 12.2. The molecule has 41 heavy (non-hydrogen) atoms. The molecule has 0 radical (unpaired) electrons. The van der Waals surface area contributed by atoms with E-state index < -0.39 is 23.5 Å². The number of hydrogen-bond acceptors (Lipinski definition) is 5. The molecule has 4 aromatic rings. The molecule has 2 heterocycles. The van der Waals surface area contributed by atoms with Crippen LogP contribution >= 0.6 is 0 Å². The number of pyridine rings is 1. The summed E-state index contributed by atoms with van der Waals surface area (Å²) >= 11 is 0. The molecule has 0 aliphatic carbocycles. The largest absolute Gasteiger partial charge is 0.418 e. The molecule has 0 unspecified atom stereocenters. The van der Waals surface area contributed by atoms with Gasteiger partial charge in [0.1, 0.15) is 11.6 Å². The lowest BCUT2D eigenvalue weighted by atomic mass is 10.0. The van der Waals surface area contributed by atoms with Crippen LogP contribution in [0.25, 0.3) is 22.2 Å². The molecule has 0 fully saturated rings. The lowest BCUT2D eigenvalue weighted by molar-refractivity contribution is -0.138. The molecule has 0 atom stereocenters. The molecule has 0 saturated heterocycles. The fourth-order valence-corrected chi connectivity index (χ4v) is 4.47. The number of fused-ring (bicyclic) bond motifs is 1. The van der Waals surface area contributed by atoms with E-state index in [1.807, 2.05) is 0 Å². The van der Waals surface area contributed by atoms with Crippen molar-refractivity contribution in [3.05, 3.63) is 77.7 Å². The first-order chi connectivity index (χ1) is 19.6. The summed E-state index contributed by atoms with van der Waals surface area (Å²) in [7, 11) is 0. The third kappa shape index (κ3) is 8.16. The number of halogens is 6. The Morgan fingerprint density at radius 3 is 2.22 bits per heavy atom. The van der Waals surface area contributed by atoms with Gasteiger partial charge in [0.25, 0.3) is 0 Å². The minimum absolute atomic E-state index is 0.222. The van der Waals surface area contributed by atoms with E-state index in [-0.39, 0.29) is 11.3 Å². The van der Waals surface area contributed by atoms with Crippen LogP contribution < -0.4 is 10.6 Å². The van der Waals surface area contributed by atoms with Crippen molar-refractivity contribution < 1.29 is 26.3 Å². The van der Waals surface area contributed by atoms with Crippen molar-refractivity contribution in [3.8, 4) is 11.3 Å². The zero-order valence-electron chi connectivity index (χ0n) is 22.5.